The van der Waals surface area contributed by atoms with Gasteiger partial charge in [0.05, 0.1) is 12.0 Å². The van der Waals surface area contributed by atoms with Crippen LogP contribution in [0.3, 0.4) is 0 Å². The minimum atomic E-state index is -4.50. The zero-order valence-corrected chi connectivity index (χ0v) is 19.6. The molecule has 0 saturated carbocycles. The first-order valence-corrected chi connectivity index (χ1v) is 11.6. The van der Waals surface area contributed by atoms with E-state index in [1.54, 1.807) is 18.2 Å². The van der Waals surface area contributed by atoms with E-state index in [2.05, 4.69) is 0 Å². The third kappa shape index (κ3) is 6.99. The molecule has 2 aromatic rings. The van der Waals surface area contributed by atoms with Crippen LogP contribution in [-0.2, 0) is 17.4 Å². The van der Waals surface area contributed by atoms with Gasteiger partial charge in [-0.05, 0) is 78.6 Å². The van der Waals surface area contributed by atoms with Gasteiger partial charge in [-0.2, -0.15) is 26.3 Å². The lowest BCUT2D eigenvalue weighted by Gasteiger charge is -2.43. The Kier molecular flexibility index (Phi) is 8.19. The van der Waals surface area contributed by atoms with Gasteiger partial charge in [0.25, 0.3) is 0 Å². The van der Waals surface area contributed by atoms with E-state index in [4.69, 9.17) is 0 Å². The predicted molar refractivity (Wildman–Crippen MR) is 121 cm³/mol. The Bertz CT molecular complexity index is 1010. The van der Waals surface area contributed by atoms with Crippen molar-refractivity contribution < 1.29 is 36.2 Å². The van der Waals surface area contributed by atoms with Crippen molar-refractivity contribution in [3.8, 4) is 11.1 Å². The smallest absolute Gasteiger partial charge is 0.416 e. The van der Waals surface area contributed by atoms with E-state index < -0.39 is 36.0 Å². The number of carboxylic acids is 1. The van der Waals surface area contributed by atoms with E-state index in [-0.39, 0.29) is 25.3 Å². The molecular formula is C26H29F6NO2. The van der Waals surface area contributed by atoms with Crippen LogP contribution in [0.5, 0.6) is 0 Å². The van der Waals surface area contributed by atoms with Crippen molar-refractivity contribution in [1.82, 2.24) is 4.90 Å². The highest BCUT2D eigenvalue weighted by Gasteiger charge is 2.47. The van der Waals surface area contributed by atoms with Gasteiger partial charge in [-0.25, -0.2) is 0 Å². The molecule has 3 rings (SSSR count). The molecule has 0 aromatic heterocycles. The van der Waals surface area contributed by atoms with Gasteiger partial charge in [0.2, 0.25) is 0 Å². The van der Waals surface area contributed by atoms with Gasteiger partial charge in [0.15, 0.2) is 0 Å². The molecule has 35 heavy (non-hydrogen) atoms. The molecule has 0 amide bonds. The average molecular weight is 502 g/mol. The predicted octanol–water partition coefficient (Wildman–Crippen LogP) is 7.50. The van der Waals surface area contributed by atoms with Crippen LogP contribution in [0.25, 0.3) is 11.1 Å². The monoisotopic (exact) mass is 501 g/mol. The van der Waals surface area contributed by atoms with Gasteiger partial charge in [-0.3, -0.25) is 9.69 Å². The Morgan fingerprint density at radius 1 is 1.00 bits per heavy atom. The quantitative estimate of drug-likeness (QED) is 0.399. The van der Waals surface area contributed by atoms with E-state index in [1.165, 1.54) is 17.0 Å². The molecule has 2 atom stereocenters. The van der Waals surface area contributed by atoms with Crippen molar-refractivity contribution in [2.45, 2.75) is 70.4 Å². The van der Waals surface area contributed by atoms with Crippen molar-refractivity contribution in [3.05, 3.63) is 59.2 Å². The second kappa shape index (κ2) is 10.6. The maximum atomic E-state index is 13.9. The van der Waals surface area contributed by atoms with E-state index in [0.717, 1.165) is 12.1 Å². The Morgan fingerprint density at radius 2 is 1.66 bits per heavy atom. The maximum absolute atomic E-state index is 13.9. The van der Waals surface area contributed by atoms with Crippen molar-refractivity contribution in [2.24, 2.45) is 5.92 Å². The molecule has 1 saturated heterocycles. The Morgan fingerprint density at radius 3 is 2.20 bits per heavy atom. The van der Waals surface area contributed by atoms with Crippen LogP contribution in [0.1, 0.15) is 62.3 Å². The molecule has 0 bridgehead atoms. The zero-order valence-electron chi connectivity index (χ0n) is 19.6. The zero-order chi connectivity index (χ0) is 26.0. The van der Waals surface area contributed by atoms with Crippen LogP contribution in [0.15, 0.2) is 42.5 Å². The Labute approximate surface area is 200 Å². The lowest BCUT2D eigenvalue weighted by molar-refractivity contribution is -0.200. The Hall–Kier alpha value is -2.55. The van der Waals surface area contributed by atoms with E-state index in [1.807, 2.05) is 13.8 Å². The van der Waals surface area contributed by atoms with Crippen LogP contribution in [0.4, 0.5) is 26.3 Å². The summed E-state index contributed by atoms with van der Waals surface area (Å²) in [5.41, 5.74) is 1.04. The topological polar surface area (TPSA) is 40.5 Å². The van der Waals surface area contributed by atoms with Gasteiger partial charge in [-0.15, -0.1) is 0 Å². The second-order valence-corrected chi connectivity index (χ2v) is 9.53. The Balaban J connectivity index is 2.06. The molecule has 0 aliphatic carbocycles. The summed E-state index contributed by atoms with van der Waals surface area (Å²) in [6.07, 6.45) is -7.82. The number of hydrogen-bond acceptors (Lipinski definition) is 2. The fourth-order valence-corrected chi connectivity index (χ4v) is 4.69. The highest BCUT2D eigenvalue weighted by atomic mass is 19.4. The standard InChI is InChI=1S/C26H29F6NO2/c1-16(2)10-11-33-22(4-3-5-23(33)26(30,31)32)20-13-17(14-24(34)35)12-19(15-20)18-6-8-21(9-7-18)25(27,28)29/h6-9,12-13,15-16,22-23H,3-5,10-11,14H2,1-2H3,(H,34,35). The molecule has 2 aromatic carbocycles. The maximum Gasteiger partial charge on any atom is 0.416 e. The molecule has 9 heteroatoms. The van der Waals surface area contributed by atoms with Crippen LogP contribution in [0, 0.1) is 5.92 Å². The highest BCUT2D eigenvalue weighted by molar-refractivity contribution is 5.73. The minimum absolute atomic E-state index is 0.00132. The van der Waals surface area contributed by atoms with Crippen LogP contribution < -0.4 is 0 Å². The number of carboxylic acid groups (broad SMARTS) is 1. The summed E-state index contributed by atoms with van der Waals surface area (Å²) in [6, 6.07) is 7.16. The van der Waals surface area contributed by atoms with Gasteiger partial charge in [0, 0.05) is 6.04 Å². The number of rotatable bonds is 7. The molecule has 2 unspecified atom stereocenters. The van der Waals surface area contributed by atoms with Gasteiger partial charge >= 0.3 is 18.3 Å². The minimum Gasteiger partial charge on any atom is -0.481 e. The molecule has 1 aliphatic rings. The molecular weight excluding hydrogens is 472 g/mol. The summed E-state index contributed by atoms with van der Waals surface area (Å²) in [5.74, 6) is -0.901. The van der Waals surface area contributed by atoms with Gasteiger partial charge in [0.1, 0.15) is 6.04 Å². The molecule has 1 aliphatic heterocycles. The third-order valence-electron chi connectivity index (χ3n) is 6.40. The number of carbonyl (C=O) groups is 1. The summed E-state index contributed by atoms with van der Waals surface area (Å²) in [7, 11) is 0. The fourth-order valence-electron chi connectivity index (χ4n) is 4.69. The number of hydrogen-bond donors (Lipinski definition) is 1. The largest absolute Gasteiger partial charge is 0.481 e. The molecule has 1 fully saturated rings. The number of nitrogens with zero attached hydrogens (tertiary/aromatic N) is 1. The number of halogens is 6. The molecule has 3 nitrogen and oxygen atoms in total. The molecule has 192 valence electrons. The van der Waals surface area contributed by atoms with Gasteiger partial charge in [-0.1, -0.05) is 38.1 Å². The molecule has 1 N–H and O–H groups in total. The number of likely N-dealkylation sites (tertiary alicyclic amines) is 1. The normalized spacial score (nSPS) is 19.8. The second-order valence-electron chi connectivity index (χ2n) is 9.53. The van der Waals surface area contributed by atoms with Crippen LogP contribution in [0.2, 0.25) is 0 Å². The highest BCUT2D eigenvalue weighted by Crippen LogP contribution is 2.42. The number of piperidine rings is 1. The first-order chi connectivity index (χ1) is 16.3. The lowest BCUT2D eigenvalue weighted by Crippen LogP contribution is -2.50. The third-order valence-corrected chi connectivity index (χ3v) is 6.40. The van der Waals surface area contributed by atoms with Crippen LogP contribution >= 0.6 is 0 Å². The molecule has 0 radical (unpaired) electrons. The van der Waals surface area contributed by atoms with Crippen LogP contribution in [-0.4, -0.2) is 34.7 Å². The average Bonchev–Trinajstić information content (AvgIpc) is 2.75. The van der Waals surface area contributed by atoms with Crippen molar-refractivity contribution >= 4 is 5.97 Å². The molecule has 1 heterocycles. The first-order valence-electron chi connectivity index (χ1n) is 11.6. The van der Waals surface area contributed by atoms with Crippen molar-refractivity contribution in [3.63, 3.8) is 0 Å². The SMILES string of the molecule is CC(C)CCN1C(c2cc(CC(=O)O)cc(-c3ccc(C(F)(F)F)cc3)c2)CCCC1C(F)(F)F. The summed E-state index contributed by atoms with van der Waals surface area (Å²) in [4.78, 5) is 12.9. The van der Waals surface area contributed by atoms with E-state index >= 15 is 0 Å². The summed E-state index contributed by atoms with van der Waals surface area (Å²) in [5, 5.41) is 9.32. The summed E-state index contributed by atoms with van der Waals surface area (Å²) < 4.78 is 80.7. The van der Waals surface area contributed by atoms with Crippen molar-refractivity contribution in [1.29, 1.82) is 0 Å². The van der Waals surface area contributed by atoms with Crippen molar-refractivity contribution in [2.75, 3.05) is 6.54 Å². The number of alkyl halides is 6. The summed E-state index contributed by atoms with van der Waals surface area (Å²) in [6.45, 7) is 4.13. The summed E-state index contributed by atoms with van der Waals surface area (Å²) >= 11 is 0. The first kappa shape index (κ1) is 27.0. The molecule has 0 spiro atoms. The number of benzene rings is 2. The fraction of sp³-hybridized carbons (Fsp3) is 0.500. The lowest BCUT2D eigenvalue weighted by atomic mass is 9.87. The van der Waals surface area contributed by atoms with E-state index in [9.17, 15) is 36.2 Å². The van der Waals surface area contributed by atoms with E-state index in [0.29, 0.717) is 41.5 Å². The van der Waals surface area contributed by atoms with Gasteiger partial charge < -0.3 is 5.11 Å². The number of aliphatic carboxylic acids is 1.